The molecule has 2 N–H and O–H groups in total. The molecule has 0 fully saturated rings. The predicted molar refractivity (Wildman–Crippen MR) is 69.7 cm³/mol. The van der Waals surface area contributed by atoms with Gasteiger partial charge in [0.25, 0.3) is 0 Å². The molecule has 0 amide bonds. The van der Waals surface area contributed by atoms with E-state index in [-0.39, 0.29) is 5.69 Å². The number of rotatable bonds is 4. The summed E-state index contributed by atoms with van der Waals surface area (Å²) in [6.45, 7) is 0.361. The van der Waals surface area contributed by atoms with Gasteiger partial charge in [-0.25, -0.2) is 9.78 Å². The Labute approximate surface area is 110 Å². The second kappa shape index (κ2) is 5.65. The van der Waals surface area contributed by atoms with E-state index < -0.39 is 5.97 Å². The van der Waals surface area contributed by atoms with Gasteiger partial charge in [-0.05, 0) is 24.3 Å². The lowest BCUT2D eigenvalue weighted by Gasteiger charge is -2.07. The van der Waals surface area contributed by atoms with Crippen molar-refractivity contribution in [3.05, 3.63) is 59.4 Å². The SMILES string of the molecule is N#Cc1ccccc1NCc1cccc(C(=O)O)n1. The number of hydrogen-bond donors (Lipinski definition) is 2. The zero-order valence-electron chi connectivity index (χ0n) is 10.00. The van der Waals surface area contributed by atoms with Crippen molar-refractivity contribution in [2.24, 2.45) is 0 Å². The molecule has 0 spiro atoms. The van der Waals surface area contributed by atoms with E-state index in [4.69, 9.17) is 10.4 Å². The highest BCUT2D eigenvalue weighted by atomic mass is 16.4. The highest BCUT2D eigenvalue weighted by molar-refractivity contribution is 5.85. The Morgan fingerprint density at radius 1 is 1.26 bits per heavy atom. The number of nitrogens with one attached hydrogen (secondary N) is 1. The van der Waals surface area contributed by atoms with Crippen molar-refractivity contribution in [2.45, 2.75) is 6.54 Å². The largest absolute Gasteiger partial charge is 0.477 e. The van der Waals surface area contributed by atoms with Crippen molar-refractivity contribution in [3.63, 3.8) is 0 Å². The second-order valence-electron chi connectivity index (χ2n) is 3.83. The van der Waals surface area contributed by atoms with Gasteiger partial charge >= 0.3 is 5.97 Å². The molecule has 1 aromatic carbocycles. The fraction of sp³-hybridized carbons (Fsp3) is 0.0714. The highest BCUT2D eigenvalue weighted by Crippen LogP contribution is 2.14. The van der Waals surface area contributed by atoms with E-state index in [0.717, 1.165) is 0 Å². The number of aromatic nitrogens is 1. The van der Waals surface area contributed by atoms with Crippen molar-refractivity contribution in [2.75, 3.05) is 5.32 Å². The molecular weight excluding hydrogens is 242 g/mol. The van der Waals surface area contributed by atoms with Crippen LogP contribution in [-0.2, 0) is 6.54 Å². The molecule has 1 aromatic heterocycles. The van der Waals surface area contributed by atoms with E-state index in [9.17, 15) is 4.79 Å². The van der Waals surface area contributed by atoms with Gasteiger partial charge in [-0.2, -0.15) is 5.26 Å². The lowest BCUT2D eigenvalue weighted by molar-refractivity contribution is 0.0690. The van der Waals surface area contributed by atoms with Crippen molar-refractivity contribution in [1.29, 1.82) is 5.26 Å². The first kappa shape index (κ1) is 12.6. The Morgan fingerprint density at radius 3 is 2.79 bits per heavy atom. The van der Waals surface area contributed by atoms with Crippen LogP contribution in [0.15, 0.2) is 42.5 Å². The van der Waals surface area contributed by atoms with Gasteiger partial charge in [-0.15, -0.1) is 0 Å². The molecule has 19 heavy (non-hydrogen) atoms. The van der Waals surface area contributed by atoms with Gasteiger partial charge in [-0.3, -0.25) is 0 Å². The fourth-order valence-corrected chi connectivity index (χ4v) is 1.62. The van der Waals surface area contributed by atoms with Crippen LogP contribution in [-0.4, -0.2) is 16.1 Å². The minimum Gasteiger partial charge on any atom is -0.477 e. The number of nitrogens with zero attached hydrogens (tertiary/aromatic N) is 2. The number of nitriles is 1. The molecule has 0 radical (unpaired) electrons. The van der Waals surface area contributed by atoms with Gasteiger partial charge in [0.1, 0.15) is 11.8 Å². The molecule has 1 heterocycles. The minimum atomic E-state index is -1.06. The quantitative estimate of drug-likeness (QED) is 0.872. The highest BCUT2D eigenvalue weighted by Gasteiger charge is 2.05. The Bertz CT molecular complexity index is 647. The van der Waals surface area contributed by atoms with E-state index >= 15 is 0 Å². The Kier molecular flexibility index (Phi) is 3.74. The molecule has 0 saturated carbocycles. The van der Waals surface area contributed by atoms with Gasteiger partial charge in [0.05, 0.1) is 23.5 Å². The van der Waals surface area contributed by atoms with Crippen molar-refractivity contribution in [1.82, 2.24) is 4.98 Å². The summed E-state index contributed by atoms with van der Waals surface area (Å²) in [4.78, 5) is 14.8. The van der Waals surface area contributed by atoms with Crippen LogP contribution in [0.4, 0.5) is 5.69 Å². The van der Waals surface area contributed by atoms with Crippen molar-refractivity contribution < 1.29 is 9.90 Å². The third-order valence-corrected chi connectivity index (χ3v) is 2.53. The van der Waals surface area contributed by atoms with Crippen LogP contribution in [0.25, 0.3) is 0 Å². The normalized spacial score (nSPS) is 9.63. The van der Waals surface area contributed by atoms with Crippen LogP contribution in [0.1, 0.15) is 21.7 Å². The first-order valence-corrected chi connectivity index (χ1v) is 5.63. The van der Waals surface area contributed by atoms with Crippen molar-refractivity contribution in [3.8, 4) is 6.07 Å². The first-order chi connectivity index (χ1) is 9.20. The Hall–Kier alpha value is -2.87. The van der Waals surface area contributed by atoms with E-state index in [1.807, 2.05) is 6.07 Å². The fourth-order valence-electron chi connectivity index (χ4n) is 1.62. The lowest BCUT2D eigenvalue weighted by atomic mass is 10.2. The average molecular weight is 253 g/mol. The summed E-state index contributed by atoms with van der Waals surface area (Å²) in [6.07, 6.45) is 0. The average Bonchev–Trinajstić information content (AvgIpc) is 2.45. The number of hydrogen-bond acceptors (Lipinski definition) is 4. The van der Waals surface area contributed by atoms with Crippen LogP contribution in [0.3, 0.4) is 0 Å². The number of carbonyl (C=O) groups is 1. The summed E-state index contributed by atoms with van der Waals surface area (Å²) < 4.78 is 0. The zero-order valence-corrected chi connectivity index (χ0v) is 10.00. The van der Waals surface area contributed by atoms with E-state index in [1.165, 1.54) is 6.07 Å². The summed E-state index contributed by atoms with van der Waals surface area (Å²) in [6, 6.07) is 14.0. The molecule has 0 aliphatic carbocycles. The molecule has 0 unspecified atom stereocenters. The number of aromatic carboxylic acids is 1. The molecule has 2 aromatic rings. The monoisotopic (exact) mass is 253 g/mol. The Balaban J connectivity index is 2.13. The summed E-state index contributed by atoms with van der Waals surface area (Å²) >= 11 is 0. The maximum atomic E-state index is 10.8. The van der Waals surface area contributed by atoms with Crippen LogP contribution < -0.4 is 5.32 Å². The molecule has 5 nitrogen and oxygen atoms in total. The number of pyridine rings is 1. The van der Waals surface area contributed by atoms with Crippen LogP contribution in [0.2, 0.25) is 0 Å². The van der Waals surface area contributed by atoms with Crippen LogP contribution >= 0.6 is 0 Å². The molecule has 0 saturated heterocycles. The third kappa shape index (κ3) is 3.07. The predicted octanol–water partition coefficient (Wildman–Crippen LogP) is 2.26. The number of para-hydroxylation sites is 1. The summed E-state index contributed by atoms with van der Waals surface area (Å²) in [5.41, 5.74) is 1.85. The lowest BCUT2D eigenvalue weighted by Crippen LogP contribution is -2.07. The maximum Gasteiger partial charge on any atom is 0.354 e. The number of benzene rings is 1. The van der Waals surface area contributed by atoms with Crippen molar-refractivity contribution >= 4 is 11.7 Å². The zero-order chi connectivity index (χ0) is 13.7. The number of anilines is 1. The first-order valence-electron chi connectivity index (χ1n) is 5.63. The van der Waals surface area contributed by atoms with E-state index in [1.54, 1.807) is 30.3 Å². The third-order valence-electron chi connectivity index (χ3n) is 2.53. The maximum absolute atomic E-state index is 10.8. The summed E-state index contributed by atoms with van der Waals surface area (Å²) in [5, 5.41) is 20.9. The molecule has 0 aliphatic heterocycles. The molecule has 0 bridgehead atoms. The van der Waals surface area contributed by atoms with Gasteiger partial charge in [0, 0.05) is 0 Å². The second-order valence-corrected chi connectivity index (χ2v) is 3.83. The van der Waals surface area contributed by atoms with Crippen LogP contribution in [0.5, 0.6) is 0 Å². The molecule has 2 rings (SSSR count). The molecular formula is C14H11N3O2. The number of carboxylic acids is 1. The van der Waals surface area contributed by atoms with E-state index in [0.29, 0.717) is 23.5 Å². The number of carboxylic acid groups (broad SMARTS) is 1. The van der Waals surface area contributed by atoms with Gasteiger partial charge in [0.2, 0.25) is 0 Å². The smallest absolute Gasteiger partial charge is 0.354 e. The Morgan fingerprint density at radius 2 is 2.05 bits per heavy atom. The molecule has 0 aliphatic rings. The molecule has 5 heteroatoms. The van der Waals surface area contributed by atoms with Gasteiger partial charge < -0.3 is 10.4 Å². The standard InChI is InChI=1S/C14H11N3O2/c15-8-10-4-1-2-6-12(10)16-9-11-5-3-7-13(17-11)14(18)19/h1-7,16H,9H2,(H,18,19). The topological polar surface area (TPSA) is 86.0 Å². The van der Waals surface area contributed by atoms with Gasteiger partial charge in [-0.1, -0.05) is 18.2 Å². The van der Waals surface area contributed by atoms with Gasteiger partial charge in [0.15, 0.2) is 0 Å². The minimum absolute atomic E-state index is 0.00729. The van der Waals surface area contributed by atoms with Crippen LogP contribution in [0, 0.1) is 11.3 Å². The van der Waals surface area contributed by atoms with E-state index in [2.05, 4.69) is 16.4 Å². The molecule has 0 atom stereocenters. The summed E-state index contributed by atoms with van der Waals surface area (Å²) in [7, 11) is 0. The molecule has 94 valence electrons. The summed E-state index contributed by atoms with van der Waals surface area (Å²) in [5.74, 6) is -1.06.